The number of hydrogen-bond donors (Lipinski definition) is 1. The van der Waals surface area contributed by atoms with Crippen LogP contribution in [0, 0.1) is 5.82 Å². The van der Waals surface area contributed by atoms with Gasteiger partial charge in [0.15, 0.2) is 5.13 Å². The van der Waals surface area contributed by atoms with Crippen molar-refractivity contribution in [2.24, 2.45) is 0 Å². The van der Waals surface area contributed by atoms with E-state index in [1.165, 1.54) is 23.5 Å². The summed E-state index contributed by atoms with van der Waals surface area (Å²) in [5.41, 5.74) is 2.28. The smallest absolute Gasteiger partial charge is 0.277 e. The number of anilines is 1. The summed E-state index contributed by atoms with van der Waals surface area (Å²) in [5.74, 6) is -0.0140. The zero-order chi connectivity index (χ0) is 19.3. The van der Waals surface area contributed by atoms with E-state index in [2.05, 4.69) is 20.5 Å². The molecule has 0 aliphatic carbocycles. The Kier molecular flexibility index (Phi) is 5.45. The van der Waals surface area contributed by atoms with Gasteiger partial charge in [0.1, 0.15) is 5.82 Å². The Morgan fingerprint density at radius 2 is 1.86 bits per heavy atom. The SMILES string of the molecule is O=C(CSc1nnc(-c2ccccc2)o1)Nc1nc(-c2ccc(F)cc2)cs1. The van der Waals surface area contributed by atoms with E-state index in [-0.39, 0.29) is 17.5 Å². The molecule has 0 radical (unpaired) electrons. The fourth-order valence-electron chi connectivity index (χ4n) is 2.33. The highest BCUT2D eigenvalue weighted by atomic mass is 32.2. The van der Waals surface area contributed by atoms with Gasteiger partial charge in [0.25, 0.3) is 5.22 Å². The average molecular weight is 412 g/mol. The number of thiazole rings is 1. The van der Waals surface area contributed by atoms with E-state index in [1.54, 1.807) is 17.5 Å². The molecule has 140 valence electrons. The van der Waals surface area contributed by atoms with Crippen LogP contribution < -0.4 is 5.32 Å². The van der Waals surface area contributed by atoms with Crippen molar-refractivity contribution in [2.45, 2.75) is 5.22 Å². The second kappa shape index (κ2) is 8.32. The minimum atomic E-state index is -0.305. The summed E-state index contributed by atoms with van der Waals surface area (Å²) in [6.07, 6.45) is 0. The lowest BCUT2D eigenvalue weighted by Crippen LogP contribution is -2.13. The Labute approximate surface area is 167 Å². The third-order valence-electron chi connectivity index (χ3n) is 3.64. The van der Waals surface area contributed by atoms with Gasteiger partial charge in [0.2, 0.25) is 11.8 Å². The number of hydrogen-bond acceptors (Lipinski definition) is 7. The van der Waals surface area contributed by atoms with Crippen molar-refractivity contribution in [3.05, 3.63) is 65.8 Å². The first kappa shape index (κ1) is 18.3. The van der Waals surface area contributed by atoms with Gasteiger partial charge in [-0.2, -0.15) is 0 Å². The highest BCUT2D eigenvalue weighted by molar-refractivity contribution is 7.99. The standard InChI is InChI=1S/C19H13FN4O2S2/c20-14-8-6-12(7-9-14)15-10-27-18(21-15)22-16(25)11-28-19-24-23-17(26-19)13-4-2-1-3-5-13/h1-10H,11H2,(H,21,22,25). The predicted octanol–water partition coefficient (Wildman–Crippen LogP) is 4.73. The molecule has 0 unspecified atom stereocenters. The second-order valence-electron chi connectivity index (χ2n) is 5.62. The van der Waals surface area contributed by atoms with Crippen molar-refractivity contribution in [2.75, 3.05) is 11.1 Å². The molecule has 0 atom stereocenters. The lowest BCUT2D eigenvalue weighted by molar-refractivity contribution is -0.113. The average Bonchev–Trinajstić information content (AvgIpc) is 3.37. The molecule has 0 bridgehead atoms. The van der Waals surface area contributed by atoms with Gasteiger partial charge in [-0.05, 0) is 36.4 Å². The van der Waals surface area contributed by atoms with Crippen LogP contribution in [0.2, 0.25) is 0 Å². The van der Waals surface area contributed by atoms with E-state index in [0.29, 0.717) is 21.9 Å². The van der Waals surface area contributed by atoms with Gasteiger partial charge in [-0.25, -0.2) is 9.37 Å². The summed E-state index contributed by atoms with van der Waals surface area (Å²) in [6.45, 7) is 0. The molecule has 4 aromatic rings. The van der Waals surface area contributed by atoms with E-state index in [0.717, 1.165) is 22.9 Å². The predicted molar refractivity (Wildman–Crippen MR) is 107 cm³/mol. The molecule has 6 nitrogen and oxygen atoms in total. The van der Waals surface area contributed by atoms with Crippen LogP contribution >= 0.6 is 23.1 Å². The molecule has 28 heavy (non-hydrogen) atoms. The molecule has 4 rings (SSSR count). The van der Waals surface area contributed by atoms with Crippen LogP contribution in [0.15, 0.2) is 69.6 Å². The van der Waals surface area contributed by atoms with Crippen LogP contribution in [0.3, 0.4) is 0 Å². The van der Waals surface area contributed by atoms with Crippen molar-refractivity contribution >= 4 is 34.1 Å². The fraction of sp³-hybridized carbons (Fsp3) is 0.0526. The van der Waals surface area contributed by atoms with Crippen LogP contribution in [-0.4, -0.2) is 26.8 Å². The first-order valence-electron chi connectivity index (χ1n) is 8.20. The first-order valence-corrected chi connectivity index (χ1v) is 10.1. The van der Waals surface area contributed by atoms with Gasteiger partial charge in [-0.15, -0.1) is 21.5 Å². The van der Waals surface area contributed by atoms with Gasteiger partial charge < -0.3 is 9.73 Å². The number of aromatic nitrogens is 3. The monoisotopic (exact) mass is 412 g/mol. The zero-order valence-electron chi connectivity index (χ0n) is 14.3. The fourth-order valence-corrected chi connectivity index (χ4v) is 3.63. The lowest BCUT2D eigenvalue weighted by Gasteiger charge is -1.99. The molecule has 0 saturated heterocycles. The van der Waals surface area contributed by atoms with Gasteiger partial charge in [-0.1, -0.05) is 30.0 Å². The molecule has 0 spiro atoms. The molecular formula is C19H13FN4O2S2. The summed E-state index contributed by atoms with van der Waals surface area (Å²) in [7, 11) is 0. The number of rotatable bonds is 6. The number of carbonyl (C=O) groups is 1. The first-order chi connectivity index (χ1) is 13.7. The molecule has 2 aromatic carbocycles. The third kappa shape index (κ3) is 4.44. The normalized spacial score (nSPS) is 10.8. The molecule has 0 aliphatic heterocycles. The van der Waals surface area contributed by atoms with Crippen LogP contribution in [-0.2, 0) is 4.79 Å². The number of carbonyl (C=O) groups excluding carboxylic acids is 1. The highest BCUT2D eigenvalue weighted by Crippen LogP contribution is 2.26. The van der Waals surface area contributed by atoms with Crippen LogP contribution in [0.5, 0.6) is 0 Å². The van der Waals surface area contributed by atoms with E-state index >= 15 is 0 Å². The molecule has 0 saturated carbocycles. The van der Waals surface area contributed by atoms with Crippen LogP contribution in [0.25, 0.3) is 22.7 Å². The maximum absolute atomic E-state index is 13.0. The number of halogens is 1. The molecule has 1 amide bonds. The minimum absolute atomic E-state index is 0.113. The second-order valence-corrected chi connectivity index (χ2v) is 7.41. The zero-order valence-corrected chi connectivity index (χ0v) is 16.0. The van der Waals surface area contributed by atoms with Crippen molar-refractivity contribution in [1.29, 1.82) is 0 Å². The Balaban J connectivity index is 1.33. The van der Waals surface area contributed by atoms with Crippen molar-refractivity contribution in [3.8, 4) is 22.7 Å². The summed E-state index contributed by atoms with van der Waals surface area (Å²) < 4.78 is 18.6. The van der Waals surface area contributed by atoms with E-state index < -0.39 is 0 Å². The number of thioether (sulfide) groups is 1. The quantitative estimate of drug-likeness (QED) is 0.461. The minimum Gasteiger partial charge on any atom is -0.411 e. The molecule has 2 heterocycles. The van der Waals surface area contributed by atoms with Gasteiger partial charge in [0, 0.05) is 16.5 Å². The molecule has 0 fully saturated rings. The Morgan fingerprint density at radius 1 is 1.07 bits per heavy atom. The molecule has 0 aliphatic rings. The largest absolute Gasteiger partial charge is 0.411 e. The maximum atomic E-state index is 13.0. The Bertz CT molecular complexity index is 1080. The van der Waals surface area contributed by atoms with Crippen molar-refractivity contribution in [3.63, 3.8) is 0 Å². The number of amides is 1. The van der Waals surface area contributed by atoms with Crippen LogP contribution in [0.1, 0.15) is 0 Å². The maximum Gasteiger partial charge on any atom is 0.277 e. The molecule has 9 heteroatoms. The number of benzene rings is 2. The topological polar surface area (TPSA) is 80.9 Å². The van der Waals surface area contributed by atoms with Crippen LogP contribution in [0.4, 0.5) is 9.52 Å². The Morgan fingerprint density at radius 3 is 2.64 bits per heavy atom. The van der Waals surface area contributed by atoms with E-state index in [4.69, 9.17) is 4.42 Å². The lowest BCUT2D eigenvalue weighted by atomic mass is 10.2. The van der Waals surface area contributed by atoms with Crippen molar-refractivity contribution < 1.29 is 13.6 Å². The summed E-state index contributed by atoms with van der Waals surface area (Å²) in [6, 6.07) is 15.4. The van der Waals surface area contributed by atoms with E-state index in [1.807, 2.05) is 30.3 Å². The number of nitrogens with one attached hydrogen (secondary N) is 1. The summed E-state index contributed by atoms with van der Waals surface area (Å²) in [4.78, 5) is 16.5. The third-order valence-corrected chi connectivity index (χ3v) is 5.22. The number of nitrogens with zero attached hydrogens (tertiary/aromatic N) is 3. The molecule has 1 N–H and O–H groups in total. The van der Waals surface area contributed by atoms with E-state index in [9.17, 15) is 9.18 Å². The highest BCUT2D eigenvalue weighted by Gasteiger charge is 2.13. The Hall–Kier alpha value is -3.04. The summed E-state index contributed by atoms with van der Waals surface area (Å²) >= 11 is 2.45. The van der Waals surface area contributed by atoms with Gasteiger partial charge in [-0.3, -0.25) is 4.79 Å². The van der Waals surface area contributed by atoms with Gasteiger partial charge in [0.05, 0.1) is 11.4 Å². The van der Waals surface area contributed by atoms with Gasteiger partial charge >= 0.3 is 0 Å². The summed E-state index contributed by atoms with van der Waals surface area (Å²) in [5, 5.41) is 13.3. The molecule has 2 aromatic heterocycles. The molecular weight excluding hydrogens is 399 g/mol. The van der Waals surface area contributed by atoms with Crippen molar-refractivity contribution in [1.82, 2.24) is 15.2 Å².